The number of rotatable bonds is 3. The van der Waals surface area contributed by atoms with Gasteiger partial charge in [-0.15, -0.1) is 5.10 Å². The Balaban J connectivity index is 2.04. The van der Waals surface area contributed by atoms with Gasteiger partial charge in [0.25, 0.3) is 5.69 Å². The molecular weight excluding hydrogens is 260 g/mol. The second kappa shape index (κ2) is 4.84. The van der Waals surface area contributed by atoms with Crippen LogP contribution in [-0.4, -0.2) is 30.1 Å². The zero-order chi connectivity index (χ0) is 13.9. The molecule has 3 rings (SSSR count). The number of tetrazole rings is 1. The molecule has 0 atom stereocenters. The van der Waals surface area contributed by atoms with Gasteiger partial charge in [0.2, 0.25) is 0 Å². The maximum absolute atomic E-state index is 10.6. The fourth-order valence-corrected chi connectivity index (χ4v) is 1.76. The van der Waals surface area contributed by atoms with E-state index in [9.17, 15) is 10.1 Å². The van der Waals surface area contributed by atoms with Crippen LogP contribution >= 0.6 is 0 Å². The van der Waals surface area contributed by atoms with Crippen LogP contribution in [0.15, 0.2) is 48.8 Å². The maximum Gasteiger partial charge on any atom is 0.269 e. The molecule has 0 N–H and O–H groups in total. The Kier molecular flexibility index (Phi) is 2.88. The van der Waals surface area contributed by atoms with Crippen LogP contribution in [0.25, 0.3) is 17.1 Å². The van der Waals surface area contributed by atoms with Crippen LogP contribution in [0.5, 0.6) is 0 Å². The van der Waals surface area contributed by atoms with E-state index in [2.05, 4.69) is 20.5 Å². The van der Waals surface area contributed by atoms with Crippen LogP contribution in [0, 0.1) is 10.1 Å². The minimum absolute atomic E-state index is 0.0247. The van der Waals surface area contributed by atoms with Crippen LogP contribution < -0.4 is 0 Å². The van der Waals surface area contributed by atoms with Gasteiger partial charge in [-0.2, -0.15) is 4.68 Å². The second-order valence-corrected chi connectivity index (χ2v) is 3.92. The Morgan fingerprint density at radius 2 is 1.75 bits per heavy atom. The predicted molar refractivity (Wildman–Crippen MR) is 69.0 cm³/mol. The molecule has 0 radical (unpaired) electrons. The first-order chi connectivity index (χ1) is 9.75. The minimum Gasteiger partial charge on any atom is -0.265 e. The first-order valence-electron chi connectivity index (χ1n) is 5.69. The fraction of sp³-hybridized carbons (Fsp3) is 0. The maximum atomic E-state index is 10.6. The van der Waals surface area contributed by atoms with Crippen molar-refractivity contribution in [2.45, 2.75) is 0 Å². The molecule has 0 saturated carbocycles. The van der Waals surface area contributed by atoms with Crippen LogP contribution in [0.3, 0.4) is 0 Å². The third-order valence-corrected chi connectivity index (χ3v) is 2.71. The Labute approximate surface area is 112 Å². The molecule has 0 saturated heterocycles. The van der Waals surface area contributed by atoms with E-state index in [4.69, 9.17) is 0 Å². The Morgan fingerprint density at radius 1 is 1.05 bits per heavy atom. The number of pyridine rings is 1. The molecule has 0 aliphatic heterocycles. The topological polar surface area (TPSA) is 99.6 Å². The summed E-state index contributed by atoms with van der Waals surface area (Å²) in [4.78, 5) is 14.1. The lowest BCUT2D eigenvalue weighted by atomic mass is 10.2. The van der Waals surface area contributed by atoms with Crippen LogP contribution in [0.1, 0.15) is 0 Å². The summed E-state index contributed by atoms with van der Waals surface area (Å²) in [5, 5.41) is 22.1. The normalized spacial score (nSPS) is 10.4. The quantitative estimate of drug-likeness (QED) is 0.528. The molecule has 0 aliphatic carbocycles. The molecule has 1 aromatic carbocycles. The van der Waals surface area contributed by atoms with Crippen molar-refractivity contribution in [1.29, 1.82) is 0 Å². The minimum atomic E-state index is -0.449. The van der Waals surface area contributed by atoms with Crippen molar-refractivity contribution in [1.82, 2.24) is 25.2 Å². The molecule has 2 aromatic heterocycles. The van der Waals surface area contributed by atoms with E-state index in [0.29, 0.717) is 11.4 Å². The summed E-state index contributed by atoms with van der Waals surface area (Å²) in [7, 11) is 0. The van der Waals surface area contributed by atoms with E-state index in [1.165, 1.54) is 12.1 Å². The van der Waals surface area contributed by atoms with Crippen LogP contribution in [0.4, 0.5) is 5.69 Å². The molecule has 0 bridgehead atoms. The number of nitro groups is 1. The molecular formula is C12H8N6O2. The monoisotopic (exact) mass is 268 g/mol. The highest BCUT2D eigenvalue weighted by Gasteiger charge is 2.12. The first-order valence-corrected chi connectivity index (χ1v) is 5.69. The summed E-state index contributed by atoms with van der Waals surface area (Å²) < 4.78 is 1.54. The highest BCUT2D eigenvalue weighted by molar-refractivity contribution is 5.59. The van der Waals surface area contributed by atoms with E-state index < -0.39 is 4.92 Å². The average molecular weight is 268 g/mol. The van der Waals surface area contributed by atoms with Gasteiger partial charge in [0, 0.05) is 30.1 Å². The zero-order valence-electron chi connectivity index (χ0n) is 10.1. The zero-order valence-corrected chi connectivity index (χ0v) is 10.1. The molecule has 0 aliphatic rings. The number of hydrogen-bond acceptors (Lipinski definition) is 6. The lowest BCUT2D eigenvalue weighted by Crippen LogP contribution is -1.99. The molecule has 98 valence electrons. The molecule has 2 heterocycles. The van der Waals surface area contributed by atoms with Crippen molar-refractivity contribution in [3.05, 3.63) is 58.9 Å². The van der Waals surface area contributed by atoms with Gasteiger partial charge in [-0.25, -0.2) is 0 Å². The van der Waals surface area contributed by atoms with Crippen molar-refractivity contribution in [3.63, 3.8) is 0 Å². The summed E-state index contributed by atoms with van der Waals surface area (Å²) in [6, 6.07) is 9.60. The van der Waals surface area contributed by atoms with Gasteiger partial charge in [0.05, 0.1) is 10.6 Å². The van der Waals surface area contributed by atoms with E-state index in [1.54, 1.807) is 41.3 Å². The largest absolute Gasteiger partial charge is 0.269 e. The van der Waals surface area contributed by atoms with Gasteiger partial charge in [0.1, 0.15) is 0 Å². The number of benzene rings is 1. The molecule has 3 aromatic rings. The summed E-state index contributed by atoms with van der Waals surface area (Å²) in [5.74, 6) is 0.506. The standard InChI is InChI=1S/C12H8N6O2/c19-18(20)11-3-1-9(2-4-11)12-14-15-16-17(12)10-5-7-13-8-6-10/h1-8H. The summed E-state index contributed by atoms with van der Waals surface area (Å²) in [6.45, 7) is 0. The highest BCUT2D eigenvalue weighted by Crippen LogP contribution is 2.21. The van der Waals surface area contributed by atoms with E-state index in [-0.39, 0.29) is 5.69 Å². The van der Waals surface area contributed by atoms with Crippen molar-refractivity contribution >= 4 is 5.69 Å². The number of aromatic nitrogens is 5. The Hall–Kier alpha value is -3.16. The van der Waals surface area contributed by atoms with Gasteiger partial charge in [-0.3, -0.25) is 15.1 Å². The second-order valence-electron chi connectivity index (χ2n) is 3.92. The molecule has 0 spiro atoms. The van der Waals surface area contributed by atoms with E-state index >= 15 is 0 Å². The van der Waals surface area contributed by atoms with E-state index in [0.717, 1.165) is 5.69 Å². The van der Waals surface area contributed by atoms with Crippen molar-refractivity contribution < 1.29 is 4.92 Å². The smallest absolute Gasteiger partial charge is 0.265 e. The molecule has 0 fully saturated rings. The summed E-state index contributed by atoms with van der Waals surface area (Å²) in [5.41, 5.74) is 1.48. The van der Waals surface area contributed by atoms with Crippen molar-refractivity contribution in [3.8, 4) is 17.1 Å². The first kappa shape index (κ1) is 11.9. The number of non-ortho nitro benzene ring substituents is 1. The number of hydrogen-bond donors (Lipinski definition) is 0. The van der Waals surface area contributed by atoms with Gasteiger partial charge in [-0.05, 0) is 34.7 Å². The number of nitrogens with zero attached hydrogens (tertiary/aromatic N) is 6. The van der Waals surface area contributed by atoms with Gasteiger partial charge in [0.15, 0.2) is 5.82 Å². The molecule has 0 unspecified atom stereocenters. The van der Waals surface area contributed by atoms with Crippen LogP contribution in [0.2, 0.25) is 0 Å². The number of nitro benzene ring substituents is 1. The third kappa shape index (κ3) is 2.09. The van der Waals surface area contributed by atoms with Gasteiger partial charge < -0.3 is 0 Å². The van der Waals surface area contributed by atoms with Crippen molar-refractivity contribution in [2.75, 3.05) is 0 Å². The van der Waals surface area contributed by atoms with Gasteiger partial charge in [-0.1, -0.05) is 0 Å². The SMILES string of the molecule is O=[N+]([O-])c1ccc(-c2nnnn2-c2ccncc2)cc1. The van der Waals surface area contributed by atoms with Crippen molar-refractivity contribution in [2.24, 2.45) is 0 Å². The summed E-state index contributed by atoms with van der Waals surface area (Å²) >= 11 is 0. The predicted octanol–water partition coefficient (Wildman–Crippen LogP) is 1.63. The Morgan fingerprint density at radius 3 is 2.40 bits per heavy atom. The van der Waals surface area contributed by atoms with E-state index in [1.807, 2.05) is 0 Å². The molecule has 0 amide bonds. The Bertz CT molecular complexity index is 738. The highest BCUT2D eigenvalue weighted by atomic mass is 16.6. The molecule has 8 heteroatoms. The lowest BCUT2D eigenvalue weighted by Gasteiger charge is -2.03. The third-order valence-electron chi connectivity index (χ3n) is 2.71. The molecule has 20 heavy (non-hydrogen) atoms. The molecule has 8 nitrogen and oxygen atoms in total. The average Bonchev–Trinajstić information content (AvgIpc) is 2.97. The summed E-state index contributed by atoms with van der Waals surface area (Å²) in [6.07, 6.45) is 3.27. The van der Waals surface area contributed by atoms with Crippen LogP contribution in [-0.2, 0) is 0 Å². The van der Waals surface area contributed by atoms with Gasteiger partial charge >= 0.3 is 0 Å². The fourth-order valence-electron chi connectivity index (χ4n) is 1.76. The lowest BCUT2D eigenvalue weighted by molar-refractivity contribution is -0.384.